The lowest BCUT2D eigenvalue weighted by atomic mass is 10.2. The Bertz CT molecular complexity index is 364. The first-order valence-corrected chi connectivity index (χ1v) is 4.61. The van der Waals surface area contributed by atoms with Gasteiger partial charge < -0.3 is 5.73 Å². The summed E-state index contributed by atoms with van der Waals surface area (Å²) in [7, 11) is 0. The number of rotatable bonds is 1. The molecule has 1 atom stereocenters. The third kappa shape index (κ3) is 1.44. The maximum atomic E-state index is 11.6. The zero-order chi connectivity index (χ0) is 10.1. The molecule has 1 aliphatic heterocycles. The molecule has 0 bridgehead atoms. The number of anilines is 2. The number of carbonyl (C=O) groups excluding carboxylic acids is 1. The molecule has 0 saturated carbocycles. The monoisotopic (exact) mass is 191 g/mol. The van der Waals surface area contributed by atoms with Crippen LogP contribution in [0.15, 0.2) is 24.3 Å². The molecule has 0 radical (unpaired) electrons. The minimum atomic E-state index is 0.0384. The summed E-state index contributed by atoms with van der Waals surface area (Å²) in [5, 5.41) is 1.56. The van der Waals surface area contributed by atoms with Crippen molar-refractivity contribution in [3.8, 4) is 0 Å². The molecule has 1 unspecified atom stereocenters. The average Bonchev–Trinajstić information content (AvgIpc) is 2.48. The number of amides is 1. The predicted octanol–water partition coefficient (Wildman–Crippen LogP) is 0.756. The fourth-order valence-electron chi connectivity index (χ4n) is 1.50. The van der Waals surface area contributed by atoms with E-state index in [1.54, 1.807) is 17.1 Å². The highest BCUT2D eigenvalue weighted by atomic mass is 16.2. The topological polar surface area (TPSA) is 58.4 Å². The summed E-state index contributed by atoms with van der Waals surface area (Å²) in [6, 6.07) is 7.28. The molecule has 14 heavy (non-hydrogen) atoms. The molecule has 1 heterocycles. The molecular weight excluding hydrogens is 178 g/mol. The summed E-state index contributed by atoms with van der Waals surface area (Å²) in [6.45, 7) is 2.59. The third-order valence-corrected chi connectivity index (χ3v) is 2.33. The Morgan fingerprint density at radius 2 is 2.36 bits per heavy atom. The number of nitrogen functional groups attached to an aromatic ring is 1. The quantitative estimate of drug-likeness (QED) is 0.644. The van der Waals surface area contributed by atoms with Gasteiger partial charge in [0.1, 0.15) is 0 Å². The van der Waals surface area contributed by atoms with Crippen molar-refractivity contribution in [1.29, 1.82) is 0 Å². The van der Waals surface area contributed by atoms with Crippen LogP contribution in [0.4, 0.5) is 11.4 Å². The number of hydrazine groups is 1. The number of carbonyl (C=O) groups is 1. The van der Waals surface area contributed by atoms with Gasteiger partial charge in [-0.25, -0.2) is 10.4 Å². The zero-order valence-electron chi connectivity index (χ0n) is 8.03. The van der Waals surface area contributed by atoms with Crippen LogP contribution < -0.4 is 16.2 Å². The fourth-order valence-corrected chi connectivity index (χ4v) is 1.50. The lowest BCUT2D eigenvalue weighted by molar-refractivity contribution is -0.119. The van der Waals surface area contributed by atoms with Crippen LogP contribution in [0.1, 0.15) is 6.92 Å². The average molecular weight is 191 g/mol. The van der Waals surface area contributed by atoms with Gasteiger partial charge in [0.25, 0.3) is 0 Å². The van der Waals surface area contributed by atoms with Gasteiger partial charge >= 0.3 is 0 Å². The normalized spacial score (nSPS) is 21.6. The first-order chi connectivity index (χ1) is 6.68. The Hall–Kier alpha value is -1.55. The third-order valence-electron chi connectivity index (χ3n) is 2.33. The second-order valence-electron chi connectivity index (χ2n) is 3.53. The predicted molar refractivity (Wildman–Crippen MR) is 55.5 cm³/mol. The van der Waals surface area contributed by atoms with E-state index in [1.807, 2.05) is 19.1 Å². The SMILES string of the molecule is CC1CNN(c2cccc(N)c2)C1=O. The molecule has 1 saturated heterocycles. The largest absolute Gasteiger partial charge is 0.399 e. The van der Waals surface area contributed by atoms with Crippen molar-refractivity contribution in [2.75, 3.05) is 17.3 Å². The number of nitrogens with two attached hydrogens (primary N) is 1. The summed E-state index contributed by atoms with van der Waals surface area (Å²) >= 11 is 0. The van der Waals surface area contributed by atoms with Crippen LogP contribution >= 0.6 is 0 Å². The summed E-state index contributed by atoms with van der Waals surface area (Å²) in [5.41, 5.74) is 10.1. The number of nitrogens with zero attached hydrogens (tertiary/aromatic N) is 1. The second-order valence-corrected chi connectivity index (χ2v) is 3.53. The van der Waals surface area contributed by atoms with Gasteiger partial charge in [0.15, 0.2) is 0 Å². The van der Waals surface area contributed by atoms with Crippen LogP contribution in [-0.2, 0) is 4.79 Å². The summed E-state index contributed by atoms with van der Waals surface area (Å²) in [5.74, 6) is 0.132. The van der Waals surface area contributed by atoms with E-state index < -0.39 is 0 Å². The molecular formula is C10H13N3O. The Morgan fingerprint density at radius 3 is 2.93 bits per heavy atom. The van der Waals surface area contributed by atoms with Crippen LogP contribution in [0.2, 0.25) is 0 Å². The van der Waals surface area contributed by atoms with E-state index in [-0.39, 0.29) is 11.8 Å². The van der Waals surface area contributed by atoms with E-state index in [2.05, 4.69) is 5.43 Å². The maximum Gasteiger partial charge on any atom is 0.245 e. The molecule has 3 N–H and O–H groups in total. The van der Waals surface area contributed by atoms with Crippen molar-refractivity contribution in [3.05, 3.63) is 24.3 Å². The number of hydrogen-bond acceptors (Lipinski definition) is 3. The van der Waals surface area contributed by atoms with E-state index in [9.17, 15) is 4.79 Å². The van der Waals surface area contributed by atoms with Crippen LogP contribution in [0.25, 0.3) is 0 Å². The summed E-state index contributed by atoms with van der Waals surface area (Å²) in [4.78, 5) is 11.6. The smallest absolute Gasteiger partial charge is 0.245 e. The van der Waals surface area contributed by atoms with E-state index in [4.69, 9.17) is 5.73 Å². The number of hydrogen-bond donors (Lipinski definition) is 2. The Balaban J connectivity index is 2.28. The zero-order valence-corrected chi connectivity index (χ0v) is 8.03. The second kappa shape index (κ2) is 3.31. The molecule has 4 heteroatoms. The van der Waals surface area contributed by atoms with E-state index in [1.165, 1.54) is 0 Å². The van der Waals surface area contributed by atoms with Gasteiger partial charge in [-0.05, 0) is 18.2 Å². The van der Waals surface area contributed by atoms with Gasteiger partial charge in [-0.15, -0.1) is 0 Å². The molecule has 74 valence electrons. The highest BCUT2D eigenvalue weighted by Crippen LogP contribution is 2.20. The molecule has 1 aliphatic rings. The van der Waals surface area contributed by atoms with E-state index in [0.29, 0.717) is 12.2 Å². The molecule has 0 aliphatic carbocycles. The van der Waals surface area contributed by atoms with Crippen LogP contribution in [0.5, 0.6) is 0 Å². The van der Waals surface area contributed by atoms with Crippen molar-refractivity contribution < 1.29 is 4.79 Å². The highest BCUT2D eigenvalue weighted by molar-refractivity contribution is 5.96. The standard InChI is InChI=1S/C10H13N3O/c1-7-6-12-13(10(7)14)9-4-2-3-8(11)5-9/h2-5,7,12H,6,11H2,1H3. The van der Waals surface area contributed by atoms with Crippen molar-refractivity contribution in [2.24, 2.45) is 5.92 Å². The minimum Gasteiger partial charge on any atom is -0.399 e. The highest BCUT2D eigenvalue weighted by Gasteiger charge is 2.28. The van der Waals surface area contributed by atoms with Gasteiger partial charge in [-0.3, -0.25) is 4.79 Å². The molecule has 1 aromatic rings. The van der Waals surface area contributed by atoms with Crippen molar-refractivity contribution >= 4 is 17.3 Å². The van der Waals surface area contributed by atoms with Gasteiger partial charge in [-0.1, -0.05) is 13.0 Å². The molecule has 2 rings (SSSR count). The van der Waals surface area contributed by atoms with Gasteiger partial charge in [0.2, 0.25) is 5.91 Å². The fraction of sp³-hybridized carbons (Fsp3) is 0.300. The lowest BCUT2D eigenvalue weighted by Crippen LogP contribution is -2.34. The maximum absolute atomic E-state index is 11.6. The molecule has 0 spiro atoms. The number of nitrogens with one attached hydrogen (secondary N) is 1. The van der Waals surface area contributed by atoms with Crippen LogP contribution in [0, 0.1) is 5.92 Å². The Labute approximate surface area is 82.7 Å². The molecule has 0 aromatic heterocycles. The van der Waals surface area contributed by atoms with Crippen molar-refractivity contribution in [1.82, 2.24) is 5.43 Å². The summed E-state index contributed by atoms with van der Waals surface area (Å²) < 4.78 is 0. The van der Waals surface area contributed by atoms with E-state index in [0.717, 1.165) is 5.69 Å². The van der Waals surface area contributed by atoms with Gasteiger partial charge in [-0.2, -0.15) is 0 Å². The number of benzene rings is 1. The Kier molecular flexibility index (Phi) is 2.13. The van der Waals surface area contributed by atoms with E-state index >= 15 is 0 Å². The van der Waals surface area contributed by atoms with Crippen molar-refractivity contribution in [2.45, 2.75) is 6.92 Å². The summed E-state index contributed by atoms with van der Waals surface area (Å²) in [6.07, 6.45) is 0. The molecule has 1 fully saturated rings. The van der Waals surface area contributed by atoms with Gasteiger partial charge in [0, 0.05) is 12.2 Å². The first-order valence-electron chi connectivity index (χ1n) is 4.61. The van der Waals surface area contributed by atoms with Crippen LogP contribution in [-0.4, -0.2) is 12.5 Å². The molecule has 1 amide bonds. The molecule has 4 nitrogen and oxygen atoms in total. The molecule has 1 aromatic carbocycles. The van der Waals surface area contributed by atoms with Crippen molar-refractivity contribution in [3.63, 3.8) is 0 Å². The lowest BCUT2D eigenvalue weighted by Gasteiger charge is -2.16. The van der Waals surface area contributed by atoms with Crippen LogP contribution in [0.3, 0.4) is 0 Å². The first kappa shape index (κ1) is 9.02. The van der Waals surface area contributed by atoms with Gasteiger partial charge in [0.05, 0.1) is 11.6 Å². The Morgan fingerprint density at radius 1 is 1.57 bits per heavy atom. The minimum absolute atomic E-state index is 0.0384.